The van der Waals surface area contributed by atoms with Crippen LogP contribution in [0, 0.1) is 16.7 Å². The van der Waals surface area contributed by atoms with Crippen LogP contribution in [-0.4, -0.2) is 30.6 Å². The van der Waals surface area contributed by atoms with Crippen molar-refractivity contribution in [1.29, 1.82) is 0 Å². The number of epoxide rings is 1. The quantitative estimate of drug-likeness (QED) is 0.456. The van der Waals surface area contributed by atoms with Gasteiger partial charge in [0.25, 0.3) is 0 Å². The van der Waals surface area contributed by atoms with Crippen molar-refractivity contribution in [2.75, 3.05) is 7.11 Å². The maximum atomic E-state index is 12.6. The fraction of sp³-hybridized carbons (Fsp3) is 0.882. The molecular weight excluding hydrogens is 268 g/mol. The highest BCUT2D eigenvalue weighted by Crippen LogP contribution is 2.71. The fourth-order valence-corrected chi connectivity index (χ4v) is 5.11. The van der Waals surface area contributed by atoms with Crippen molar-refractivity contribution in [2.45, 2.75) is 70.5 Å². The molecule has 1 saturated heterocycles. The first-order chi connectivity index (χ1) is 9.75. The molecule has 3 fully saturated rings. The van der Waals surface area contributed by atoms with Crippen molar-refractivity contribution < 1.29 is 19.1 Å². The highest BCUT2D eigenvalue weighted by molar-refractivity contribution is 5.78. The summed E-state index contributed by atoms with van der Waals surface area (Å²) in [6.07, 6.45) is 5.79. The molecule has 0 amide bonds. The number of ether oxygens (including phenoxy) is 2. The summed E-state index contributed by atoms with van der Waals surface area (Å²) in [7, 11) is 1.47. The first kappa shape index (κ1) is 15.0. The maximum absolute atomic E-state index is 12.6. The predicted molar refractivity (Wildman–Crippen MR) is 77.7 cm³/mol. The van der Waals surface area contributed by atoms with Gasteiger partial charge in [-0.05, 0) is 44.4 Å². The number of esters is 1. The summed E-state index contributed by atoms with van der Waals surface area (Å²) in [6.45, 7) is 6.59. The monoisotopic (exact) mass is 294 g/mol. The van der Waals surface area contributed by atoms with Crippen molar-refractivity contribution in [1.82, 2.24) is 0 Å². The molecule has 0 spiro atoms. The molecule has 3 rings (SSSR count). The normalized spacial score (nSPS) is 47.0. The number of hydrogen-bond donors (Lipinski definition) is 0. The zero-order valence-corrected chi connectivity index (χ0v) is 13.5. The Morgan fingerprint density at radius 1 is 1.24 bits per heavy atom. The highest BCUT2D eigenvalue weighted by atomic mass is 16.6. The second kappa shape index (κ2) is 4.31. The lowest BCUT2D eigenvalue weighted by molar-refractivity contribution is -0.168. The van der Waals surface area contributed by atoms with E-state index in [9.17, 15) is 9.59 Å². The Bertz CT molecular complexity index is 485. The Labute approximate surface area is 126 Å². The topological polar surface area (TPSA) is 55.9 Å². The van der Waals surface area contributed by atoms with Gasteiger partial charge in [-0.2, -0.15) is 0 Å². The molecule has 118 valence electrons. The largest absolute Gasteiger partial charge is 0.469 e. The predicted octanol–water partition coefficient (Wildman–Crippen LogP) is 2.88. The Morgan fingerprint density at radius 3 is 2.52 bits per heavy atom. The van der Waals surface area contributed by atoms with Crippen LogP contribution in [0.3, 0.4) is 0 Å². The number of rotatable bonds is 3. The molecule has 0 aromatic heterocycles. The lowest BCUT2D eigenvalue weighted by Crippen LogP contribution is -2.56. The molecule has 0 N–H and O–H groups in total. The SMILES string of the molecule is COC(=O)[C@]12CCC(C)(C)C[C@H]1[C@]1(CC=O)O[C@]1(C)CC2. The van der Waals surface area contributed by atoms with E-state index >= 15 is 0 Å². The lowest BCUT2D eigenvalue weighted by atomic mass is 9.49. The Balaban J connectivity index is 2.04. The van der Waals surface area contributed by atoms with Crippen LogP contribution in [0.1, 0.15) is 59.3 Å². The minimum atomic E-state index is -0.455. The zero-order chi connectivity index (χ0) is 15.5. The van der Waals surface area contributed by atoms with Crippen LogP contribution < -0.4 is 0 Å². The summed E-state index contributed by atoms with van der Waals surface area (Å²) < 4.78 is 11.3. The third-order valence-electron chi connectivity index (χ3n) is 6.52. The third-order valence-corrected chi connectivity index (χ3v) is 6.52. The van der Waals surface area contributed by atoms with E-state index < -0.39 is 11.0 Å². The molecule has 0 unspecified atom stereocenters. The Morgan fingerprint density at radius 2 is 1.90 bits per heavy atom. The van der Waals surface area contributed by atoms with Gasteiger partial charge in [-0.1, -0.05) is 13.8 Å². The summed E-state index contributed by atoms with van der Waals surface area (Å²) >= 11 is 0. The molecule has 4 nitrogen and oxygen atoms in total. The summed E-state index contributed by atoms with van der Waals surface area (Å²) in [5.74, 6) is -0.0176. The summed E-state index contributed by atoms with van der Waals surface area (Å²) in [6, 6.07) is 0. The maximum Gasteiger partial charge on any atom is 0.312 e. The second-order valence-electron chi connectivity index (χ2n) is 8.16. The van der Waals surface area contributed by atoms with Gasteiger partial charge in [0.05, 0.1) is 18.1 Å². The van der Waals surface area contributed by atoms with Gasteiger partial charge in [0.1, 0.15) is 11.9 Å². The van der Waals surface area contributed by atoms with E-state index in [0.717, 1.165) is 38.4 Å². The van der Waals surface area contributed by atoms with Gasteiger partial charge in [0.2, 0.25) is 0 Å². The second-order valence-corrected chi connectivity index (χ2v) is 8.16. The van der Waals surface area contributed by atoms with Crippen LogP contribution in [0.4, 0.5) is 0 Å². The van der Waals surface area contributed by atoms with Gasteiger partial charge < -0.3 is 14.3 Å². The van der Waals surface area contributed by atoms with Crippen LogP contribution in [0.5, 0.6) is 0 Å². The number of carbonyl (C=O) groups excluding carboxylic acids is 2. The molecule has 0 aromatic rings. The average molecular weight is 294 g/mol. The fourth-order valence-electron chi connectivity index (χ4n) is 5.11. The number of carbonyl (C=O) groups is 2. The van der Waals surface area contributed by atoms with Crippen molar-refractivity contribution in [3.05, 3.63) is 0 Å². The zero-order valence-electron chi connectivity index (χ0n) is 13.5. The molecule has 4 atom stereocenters. The summed E-state index contributed by atoms with van der Waals surface area (Å²) in [4.78, 5) is 23.8. The van der Waals surface area contributed by atoms with Crippen molar-refractivity contribution in [3.8, 4) is 0 Å². The van der Waals surface area contributed by atoms with Crippen LogP contribution in [0.2, 0.25) is 0 Å². The van der Waals surface area contributed by atoms with Crippen LogP contribution in [-0.2, 0) is 19.1 Å². The minimum Gasteiger partial charge on any atom is -0.469 e. The van der Waals surface area contributed by atoms with E-state index in [1.54, 1.807) is 0 Å². The van der Waals surface area contributed by atoms with Crippen LogP contribution >= 0.6 is 0 Å². The van der Waals surface area contributed by atoms with Crippen LogP contribution in [0.25, 0.3) is 0 Å². The molecule has 21 heavy (non-hydrogen) atoms. The molecule has 0 radical (unpaired) electrons. The molecule has 0 bridgehead atoms. The van der Waals surface area contributed by atoms with Gasteiger partial charge >= 0.3 is 5.97 Å². The van der Waals surface area contributed by atoms with Crippen molar-refractivity contribution >= 4 is 12.3 Å². The van der Waals surface area contributed by atoms with E-state index in [-0.39, 0.29) is 22.9 Å². The van der Waals surface area contributed by atoms with E-state index in [0.29, 0.717) is 6.42 Å². The molecular formula is C17H26O4. The summed E-state index contributed by atoms with van der Waals surface area (Å²) in [5.41, 5.74) is -0.950. The Hall–Kier alpha value is -0.900. The van der Waals surface area contributed by atoms with E-state index in [2.05, 4.69) is 20.8 Å². The van der Waals surface area contributed by atoms with Gasteiger partial charge in [-0.15, -0.1) is 0 Å². The molecule has 2 aliphatic carbocycles. The highest BCUT2D eigenvalue weighted by Gasteiger charge is 2.78. The smallest absolute Gasteiger partial charge is 0.312 e. The molecule has 1 aliphatic heterocycles. The Kier molecular flexibility index (Phi) is 3.08. The average Bonchev–Trinajstić information content (AvgIpc) is 3.04. The lowest BCUT2D eigenvalue weighted by Gasteiger charge is -2.52. The number of hydrogen-bond acceptors (Lipinski definition) is 4. The van der Waals surface area contributed by atoms with E-state index in [1.807, 2.05) is 0 Å². The van der Waals surface area contributed by atoms with E-state index in [4.69, 9.17) is 9.47 Å². The van der Waals surface area contributed by atoms with Gasteiger partial charge in [-0.25, -0.2) is 0 Å². The van der Waals surface area contributed by atoms with Crippen LogP contribution in [0.15, 0.2) is 0 Å². The third kappa shape index (κ3) is 1.84. The first-order valence-corrected chi connectivity index (χ1v) is 7.98. The molecule has 0 aromatic carbocycles. The number of aldehydes is 1. The standard InChI is InChI=1S/C17H26O4/c1-14(2)5-7-16(13(19)20-4)8-6-15(3)17(21-15,9-10-18)12(16)11-14/h10,12H,5-9,11H2,1-4H3/t12-,15-,16+,17+/m1/s1. The molecule has 1 heterocycles. The van der Waals surface area contributed by atoms with E-state index in [1.165, 1.54) is 7.11 Å². The van der Waals surface area contributed by atoms with Gasteiger partial charge in [0, 0.05) is 12.3 Å². The van der Waals surface area contributed by atoms with Gasteiger partial charge in [-0.3, -0.25) is 4.79 Å². The van der Waals surface area contributed by atoms with Gasteiger partial charge in [0.15, 0.2) is 0 Å². The number of fused-ring (bicyclic) bond motifs is 3. The summed E-state index contributed by atoms with van der Waals surface area (Å²) in [5, 5.41) is 0. The van der Waals surface area contributed by atoms with Crippen molar-refractivity contribution in [3.63, 3.8) is 0 Å². The molecule has 3 aliphatic rings. The molecule has 4 heteroatoms. The first-order valence-electron chi connectivity index (χ1n) is 7.98. The minimum absolute atomic E-state index is 0.0881. The number of methoxy groups -OCH3 is 1. The molecule has 2 saturated carbocycles. The van der Waals surface area contributed by atoms with Crippen molar-refractivity contribution in [2.24, 2.45) is 16.7 Å².